The first-order valence-corrected chi connectivity index (χ1v) is 15.9. The van der Waals surface area contributed by atoms with Crippen molar-refractivity contribution < 1.29 is 0 Å². The van der Waals surface area contributed by atoms with E-state index in [0.29, 0.717) is 23.2 Å². The first-order chi connectivity index (χ1) is 23.8. The molecule has 4 aromatic carbocycles. The molecule has 5 heterocycles. The number of nitrogens with zero attached hydrogens (tertiary/aromatic N) is 6. The summed E-state index contributed by atoms with van der Waals surface area (Å²) in [5.74, 6) is 3.94. The van der Waals surface area contributed by atoms with Crippen LogP contribution in [0.2, 0.25) is 0 Å². The molecular weight excluding hydrogens is 587 g/mol. The van der Waals surface area contributed by atoms with E-state index in [4.69, 9.17) is 15.0 Å². The minimum Gasteiger partial charge on any atom is -0.383 e. The molecule has 2 aliphatic heterocycles. The second kappa shape index (κ2) is 11.7. The lowest BCUT2D eigenvalue weighted by atomic mass is 9.49. The number of hydrogen-bond donors (Lipinski definition) is 0. The van der Waals surface area contributed by atoms with Crippen molar-refractivity contribution in [2.75, 3.05) is 4.81 Å². The van der Waals surface area contributed by atoms with Crippen LogP contribution in [0.3, 0.4) is 0 Å². The van der Waals surface area contributed by atoms with Crippen LogP contribution >= 0.6 is 0 Å². The minimum absolute atomic E-state index is 0.192. The number of allylic oxidation sites excluding steroid dienone is 2. The topological polar surface area (TPSA) is 67.7 Å². The van der Waals surface area contributed by atoms with Gasteiger partial charge in [0.2, 0.25) is 0 Å². The van der Waals surface area contributed by atoms with Crippen LogP contribution in [-0.4, -0.2) is 31.8 Å². The fraction of sp³-hybridized carbons (Fsp3) is 0. The average molecular weight is 615 g/mol. The molecule has 224 valence electrons. The molecule has 0 N–H and O–H groups in total. The van der Waals surface area contributed by atoms with E-state index in [-0.39, 0.29) is 6.85 Å². The normalized spacial score (nSPS) is 12.8. The maximum absolute atomic E-state index is 4.96. The van der Waals surface area contributed by atoms with Gasteiger partial charge in [0.1, 0.15) is 5.69 Å². The van der Waals surface area contributed by atoms with Gasteiger partial charge in [-0.2, -0.15) is 0 Å². The van der Waals surface area contributed by atoms with Gasteiger partial charge in [0.05, 0.1) is 0 Å². The van der Waals surface area contributed by atoms with Gasteiger partial charge < -0.3 is 4.81 Å². The van der Waals surface area contributed by atoms with Crippen LogP contribution in [0.25, 0.3) is 67.7 Å². The molecule has 9 rings (SSSR count). The van der Waals surface area contributed by atoms with Crippen molar-refractivity contribution in [3.05, 3.63) is 164 Å². The Morgan fingerprint density at radius 3 is 2.08 bits per heavy atom. The lowest BCUT2D eigenvalue weighted by Crippen LogP contribution is -2.49. The molecule has 0 saturated heterocycles. The zero-order valence-corrected chi connectivity index (χ0v) is 25.8. The molecule has 0 atom stereocenters. The Bertz CT molecular complexity index is 2300. The SMILES string of the molecule is C1=CB2c3ccccc3-c3cc(-c4ccc(-c5nc(-c6ccncc6)nc(-c6ccccn6)n5)cc4-c4ccccc4)ccc3N2C=C1. The van der Waals surface area contributed by atoms with Gasteiger partial charge in [-0.3, -0.25) is 9.97 Å². The quantitative estimate of drug-likeness (QED) is 0.182. The Labute approximate surface area is 279 Å². The van der Waals surface area contributed by atoms with Crippen LogP contribution in [0.1, 0.15) is 0 Å². The summed E-state index contributed by atoms with van der Waals surface area (Å²) in [6.07, 6.45) is 11.7. The minimum atomic E-state index is 0.192. The van der Waals surface area contributed by atoms with E-state index < -0.39 is 0 Å². The largest absolute Gasteiger partial charge is 0.383 e. The van der Waals surface area contributed by atoms with Gasteiger partial charge in [-0.1, -0.05) is 90.9 Å². The molecule has 0 radical (unpaired) electrons. The molecule has 0 fully saturated rings. The average Bonchev–Trinajstić information content (AvgIpc) is 3.18. The van der Waals surface area contributed by atoms with Crippen molar-refractivity contribution in [2.45, 2.75) is 0 Å². The Balaban J connectivity index is 1.21. The van der Waals surface area contributed by atoms with Gasteiger partial charge in [0.25, 0.3) is 0 Å². The summed E-state index contributed by atoms with van der Waals surface area (Å²) < 4.78 is 0. The Kier molecular flexibility index (Phi) is 6.79. The van der Waals surface area contributed by atoms with Gasteiger partial charge in [0, 0.05) is 41.0 Å². The van der Waals surface area contributed by atoms with Gasteiger partial charge in [-0.05, 0) is 88.0 Å². The third-order valence-corrected chi connectivity index (χ3v) is 8.94. The molecule has 48 heavy (non-hydrogen) atoms. The van der Waals surface area contributed by atoms with Crippen LogP contribution in [0.4, 0.5) is 5.69 Å². The van der Waals surface area contributed by atoms with Crippen LogP contribution in [0.5, 0.6) is 0 Å². The molecule has 7 heteroatoms. The lowest BCUT2D eigenvalue weighted by Gasteiger charge is -2.36. The molecular formula is C41H27BN6. The number of hydrogen-bond acceptors (Lipinski definition) is 6. The third-order valence-electron chi connectivity index (χ3n) is 8.94. The highest BCUT2D eigenvalue weighted by molar-refractivity contribution is 6.83. The molecule has 0 bridgehead atoms. The van der Waals surface area contributed by atoms with Crippen LogP contribution in [0, 0.1) is 0 Å². The highest BCUT2D eigenvalue weighted by Gasteiger charge is 2.32. The molecule has 0 spiro atoms. The molecule has 3 aromatic heterocycles. The summed E-state index contributed by atoms with van der Waals surface area (Å²) in [5.41, 5.74) is 11.9. The predicted octanol–water partition coefficient (Wildman–Crippen LogP) is 8.30. The van der Waals surface area contributed by atoms with E-state index in [1.54, 1.807) is 18.6 Å². The maximum Gasteiger partial charge on any atom is 0.320 e. The summed E-state index contributed by atoms with van der Waals surface area (Å²) in [6, 6.07) is 42.1. The Morgan fingerprint density at radius 1 is 0.479 bits per heavy atom. The Morgan fingerprint density at radius 2 is 1.23 bits per heavy atom. The van der Waals surface area contributed by atoms with E-state index in [1.807, 2.05) is 36.4 Å². The van der Waals surface area contributed by atoms with Crippen molar-refractivity contribution in [3.63, 3.8) is 0 Å². The molecule has 0 saturated carbocycles. The number of benzene rings is 4. The second-order valence-electron chi connectivity index (χ2n) is 11.8. The van der Waals surface area contributed by atoms with Gasteiger partial charge in [-0.15, -0.1) is 0 Å². The van der Waals surface area contributed by atoms with Crippen LogP contribution in [0.15, 0.2) is 164 Å². The summed E-state index contributed by atoms with van der Waals surface area (Å²) in [5, 5.41) is 0. The highest BCUT2D eigenvalue weighted by atomic mass is 15.1. The van der Waals surface area contributed by atoms with Crippen LogP contribution < -0.4 is 10.3 Å². The van der Waals surface area contributed by atoms with E-state index in [9.17, 15) is 0 Å². The van der Waals surface area contributed by atoms with Crippen molar-refractivity contribution in [1.29, 1.82) is 0 Å². The molecule has 6 nitrogen and oxygen atoms in total. The summed E-state index contributed by atoms with van der Waals surface area (Å²) >= 11 is 0. The summed E-state index contributed by atoms with van der Waals surface area (Å²) in [4.78, 5) is 25.8. The predicted molar refractivity (Wildman–Crippen MR) is 194 cm³/mol. The fourth-order valence-electron chi connectivity index (χ4n) is 6.66. The molecule has 0 aliphatic carbocycles. The van der Waals surface area contributed by atoms with Gasteiger partial charge in [-0.25, -0.2) is 15.0 Å². The van der Waals surface area contributed by atoms with Crippen molar-refractivity contribution in [2.24, 2.45) is 0 Å². The summed E-state index contributed by atoms with van der Waals surface area (Å²) in [6.45, 7) is 0.192. The monoisotopic (exact) mass is 614 g/mol. The van der Waals surface area contributed by atoms with E-state index in [0.717, 1.165) is 33.4 Å². The Hall–Kier alpha value is -6.47. The summed E-state index contributed by atoms with van der Waals surface area (Å²) in [7, 11) is 0. The number of aromatic nitrogens is 5. The fourth-order valence-corrected chi connectivity index (χ4v) is 6.66. The van der Waals surface area contributed by atoms with Crippen molar-refractivity contribution in [1.82, 2.24) is 24.9 Å². The smallest absolute Gasteiger partial charge is 0.320 e. The van der Waals surface area contributed by atoms with Gasteiger partial charge >= 0.3 is 6.85 Å². The second-order valence-corrected chi connectivity index (χ2v) is 11.8. The lowest BCUT2D eigenvalue weighted by molar-refractivity contribution is 1.06. The first kappa shape index (κ1) is 27.8. The number of fused-ring (bicyclic) bond motifs is 6. The van der Waals surface area contributed by atoms with Crippen molar-refractivity contribution >= 4 is 18.0 Å². The number of pyridine rings is 2. The standard InChI is InChI=1S/C41H27BN6/c1-2-10-28(11-3-1)34-27-31(40-45-39(29-19-23-43-24-20-29)46-41(47-40)37-14-6-8-22-44-37)15-17-32(34)30-16-18-38-35(26-30)33-12-4-5-13-36(33)42-21-7-9-25-48(38)42/h1-27H. The van der Waals surface area contributed by atoms with Crippen molar-refractivity contribution in [3.8, 4) is 67.7 Å². The molecule has 0 amide bonds. The highest BCUT2D eigenvalue weighted by Crippen LogP contribution is 2.42. The maximum atomic E-state index is 4.96. The molecule has 2 aliphatic rings. The van der Waals surface area contributed by atoms with E-state index >= 15 is 0 Å². The van der Waals surface area contributed by atoms with Crippen LogP contribution in [-0.2, 0) is 0 Å². The molecule has 0 unspecified atom stereocenters. The zero-order valence-electron chi connectivity index (χ0n) is 25.8. The molecule has 7 aromatic rings. The third kappa shape index (κ3) is 4.89. The number of rotatable bonds is 5. The van der Waals surface area contributed by atoms with Gasteiger partial charge in [0.15, 0.2) is 17.5 Å². The van der Waals surface area contributed by atoms with E-state index in [2.05, 4.69) is 124 Å². The first-order valence-electron chi connectivity index (χ1n) is 15.9. The number of anilines is 1. The zero-order chi connectivity index (χ0) is 31.9. The van der Waals surface area contributed by atoms with E-state index in [1.165, 1.54) is 22.3 Å².